The van der Waals surface area contributed by atoms with Gasteiger partial charge < -0.3 is 5.32 Å². The lowest BCUT2D eigenvalue weighted by atomic mass is 9.90. The van der Waals surface area contributed by atoms with Gasteiger partial charge in [-0.2, -0.15) is 0 Å². The van der Waals surface area contributed by atoms with Gasteiger partial charge in [0, 0.05) is 19.8 Å². The fraction of sp³-hybridized carbons (Fsp3) is 0.357. The molecular weight excluding hydrogens is 240 g/mol. The van der Waals surface area contributed by atoms with Gasteiger partial charge >= 0.3 is 0 Å². The molecule has 5 heteroatoms. The van der Waals surface area contributed by atoms with Crippen molar-refractivity contribution in [3.8, 4) is 0 Å². The quantitative estimate of drug-likeness (QED) is 0.883. The zero-order valence-corrected chi connectivity index (χ0v) is 10.8. The number of Topliss-reactive ketones (excluding diaryl/α,β-unsaturated/α-hetero) is 1. The monoisotopic (exact) mass is 256 g/mol. The minimum atomic E-state index is -0.216. The number of hydrogen-bond acceptors (Lipinski definition) is 4. The SMILES string of the molecule is Cn1cc(CC(=O)C2NCCc3ccccc32)nn1. The van der Waals surface area contributed by atoms with Crippen molar-refractivity contribution >= 4 is 5.78 Å². The van der Waals surface area contributed by atoms with Crippen LogP contribution in [0.2, 0.25) is 0 Å². The summed E-state index contributed by atoms with van der Waals surface area (Å²) in [6, 6.07) is 7.91. The van der Waals surface area contributed by atoms with Gasteiger partial charge in [-0.25, -0.2) is 0 Å². The third-order valence-corrected chi connectivity index (χ3v) is 3.44. The van der Waals surface area contributed by atoms with Gasteiger partial charge in [-0.05, 0) is 17.5 Å². The number of ketones is 1. The van der Waals surface area contributed by atoms with Gasteiger partial charge in [0.15, 0.2) is 5.78 Å². The molecule has 1 atom stereocenters. The van der Waals surface area contributed by atoms with Crippen LogP contribution in [0.1, 0.15) is 22.9 Å². The van der Waals surface area contributed by atoms with Gasteiger partial charge in [0.2, 0.25) is 0 Å². The Kier molecular flexibility index (Phi) is 3.13. The molecule has 0 saturated heterocycles. The van der Waals surface area contributed by atoms with Crippen LogP contribution in [-0.4, -0.2) is 27.3 Å². The van der Waals surface area contributed by atoms with Crippen molar-refractivity contribution in [2.45, 2.75) is 18.9 Å². The number of hydrogen-bond donors (Lipinski definition) is 1. The van der Waals surface area contributed by atoms with Crippen molar-refractivity contribution in [1.82, 2.24) is 20.3 Å². The minimum Gasteiger partial charge on any atom is -0.303 e. The van der Waals surface area contributed by atoms with E-state index in [0.29, 0.717) is 6.42 Å². The minimum absolute atomic E-state index is 0.146. The van der Waals surface area contributed by atoms with Crippen LogP contribution < -0.4 is 5.32 Å². The summed E-state index contributed by atoms with van der Waals surface area (Å²) in [6.45, 7) is 0.841. The molecule has 1 aliphatic rings. The number of carbonyl (C=O) groups excluding carboxylic acids is 1. The maximum atomic E-state index is 12.4. The number of aryl methyl sites for hydroxylation is 1. The largest absolute Gasteiger partial charge is 0.303 e. The van der Waals surface area contributed by atoms with Crippen molar-refractivity contribution in [3.05, 3.63) is 47.3 Å². The van der Waals surface area contributed by atoms with Crippen LogP contribution in [0.3, 0.4) is 0 Å². The Morgan fingerprint density at radius 1 is 1.47 bits per heavy atom. The summed E-state index contributed by atoms with van der Waals surface area (Å²) < 4.78 is 1.62. The first-order valence-corrected chi connectivity index (χ1v) is 6.43. The summed E-state index contributed by atoms with van der Waals surface area (Å²) >= 11 is 0. The van der Waals surface area contributed by atoms with E-state index in [-0.39, 0.29) is 11.8 Å². The summed E-state index contributed by atoms with van der Waals surface area (Å²) in [7, 11) is 1.80. The highest BCUT2D eigenvalue weighted by atomic mass is 16.1. The topological polar surface area (TPSA) is 59.8 Å². The number of fused-ring (bicyclic) bond motifs is 1. The second kappa shape index (κ2) is 4.93. The molecule has 0 fully saturated rings. The molecule has 3 rings (SSSR count). The van der Waals surface area contributed by atoms with E-state index < -0.39 is 0 Å². The summed E-state index contributed by atoms with van der Waals surface area (Å²) in [5.41, 5.74) is 3.08. The lowest BCUT2D eigenvalue weighted by Gasteiger charge is -2.25. The standard InChI is InChI=1S/C14H16N4O/c1-18-9-11(16-17-18)8-13(19)14-12-5-3-2-4-10(12)6-7-15-14/h2-5,9,14-15H,6-8H2,1H3. The number of benzene rings is 1. The van der Waals surface area contributed by atoms with Crippen LogP contribution in [-0.2, 0) is 24.7 Å². The number of nitrogens with one attached hydrogen (secondary N) is 1. The Morgan fingerprint density at radius 2 is 2.32 bits per heavy atom. The van der Waals surface area contributed by atoms with E-state index in [4.69, 9.17) is 0 Å². The molecule has 0 bridgehead atoms. The Balaban J connectivity index is 1.81. The molecule has 0 amide bonds. The van der Waals surface area contributed by atoms with Gasteiger partial charge in [-0.15, -0.1) is 5.10 Å². The van der Waals surface area contributed by atoms with E-state index in [0.717, 1.165) is 24.2 Å². The Morgan fingerprint density at radius 3 is 3.11 bits per heavy atom. The normalized spacial score (nSPS) is 18.1. The fourth-order valence-electron chi connectivity index (χ4n) is 2.55. The summed E-state index contributed by atoms with van der Waals surface area (Å²) in [5, 5.41) is 11.1. The highest BCUT2D eigenvalue weighted by molar-refractivity contribution is 5.87. The molecule has 1 aliphatic heterocycles. The lowest BCUT2D eigenvalue weighted by molar-refractivity contribution is -0.120. The second-order valence-corrected chi connectivity index (χ2v) is 4.86. The molecule has 5 nitrogen and oxygen atoms in total. The molecule has 0 spiro atoms. The molecule has 19 heavy (non-hydrogen) atoms. The first kappa shape index (κ1) is 12.0. The third-order valence-electron chi connectivity index (χ3n) is 3.44. The Labute approximate surface area is 111 Å². The van der Waals surface area contributed by atoms with Gasteiger partial charge in [0.25, 0.3) is 0 Å². The lowest BCUT2D eigenvalue weighted by Crippen LogP contribution is -2.35. The second-order valence-electron chi connectivity index (χ2n) is 4.86. The summed E-state index contributed by atoms with van der Waals surface area (Å²) in [6.07, 6.45) is 3.08. The predicted molar refractivity (Wildman–Crippen MR) is 70.6 cm³/mol. The van der Waals surface area contributed by atoms with E-state index >= 15 is 0 Å². The van der Waals surface area contributed by atoms with Crippen LogP contribution in [0.4, 0.5) is 0 Å². The van der Waals surface area contributed by atoms with E-state index in [1.54, 1.807) is 17.9 Å². The summed E-state index contributed by atoms with van der Waals surface area (Å²) in [5.74, 6) is 0.146. The molecule has 1 N–H and O–H groups in total. The van der Waals surface area contributed by atoms with Crippen LogP contribution in [0.5, 0.6) is 0 Å². The third kappa shape index (κ3) is 2.42. The molecule has 1 unspecified atom stereocenters. The van der Waals surface area contributed by atoms with Crippen molar-refractivity contribution in [2.75, 3.05) is 6.54 Å². The molecule has 98 valence electrons. The maximum Gasteiger partial charge on any atom is 0.160 e. The zero-order chi connectivity index (χ0) is 13.2. The number of aromatic nitrogens is 3. The first-order chi connectivity index (χ1) is 9.24. The molecule has 2 aromatic rings. The number of rotatable bonds is 3. The molecule has 0 radical (unpaired) electrons. The van der Waals surface area contributed by atoms with Crippen LogP contribution >= 0.6 is 0 Å². The Hall–Kier alpha value is -2.01. The van der Waals surface area contributed by atoms with Crippen molar-refractivity contribution < 1.29 is 4.79 Å². The van der Waals surface area contributed by atoms with E-state index in [1.807, 2.05) is 18.2 Å². The maximum absolute atomic E-state index is 12.4. The number of carbonyl (C=O) groups is 1. The molecular formula is C14H16N4O. The van der Waals surface area contributed by atoms with Gasteiger partial charge in [-0.3, -0.25) is 9.48 Å². The summed E-state index contributed by atoms with van der Waals surface area (Å²) in [4.78, 5) is 12.4. The van der Waals surface area contributed by atoms with Crippen LogP contribution in [0, 0.1) is 0 Å². The van der Waals surface area contributed by atoms with Gasteiger partial charge in [-0.1, -0.05) is 29.5 Å². The predicted octanol–water partition coefficient (Wildman–Crippen LogP) is 0.814. The molecule has 0 aliphatic carbocycles. The fourth-order valence-corrected chi connectivity index (χ4v) is 2.55. The zero-order valence-electron chi connectivity index (χ0n) is 10.8. The first-order valence-electron chi connectivity index (χ1n) is 6.43. The molecule has 1 aromatic carbocycles. The van der Waals surface area contributed by atoms with Gasteiger partial charge in [0.1, 0.15) is 0 Å². The van der Waals surface area contributed by atoms with Gasteiger partial charge in [0.05, 0.1) is 18.2 Å². The van der Waals surface area contributed by atoms with E-state index in [9.17, 15) is 4.79 Å². The van der Waals surface area contributed by atoms with Crippen molar-refractivity contribution in [3.63, 3.8) is 0 Å². The highest BCUT2D eigenvalue weighted by Gasteiger charge is 2.26. The smallest absolute Gasteiger partial charge is 0.160 e. The van der Waals surface area contributed by atoms with Crippen LogP contribution in [0.15, 0.2) is 30.5 Å². The molecule has 1 aromatic heterocycles. The highest BCUT2D eigenvalue weighted by Crippen LogP contribution is 2.24. The Bertz CT molecular complexity index is 605. The molecule has 0 saturated carbocycles. The average Bonchev–Trinajstić information content (AvgIpc) is 2.83. The van der Waals surface area contributed by atoms with Crippen molar-refractivity contribution in [1.29, 1.82) is 0 Å². The molecule has 2 heterocycles. The van der Waals surface area contributed by atoms with Crippen LogP contribution in [0.25, 0.3) is 0 Å². The van der Waals surface area contributed by atoms with Crippen molar-refractivity contribution in [2.24, 2.45) is 7.05 Å². The van der Waals surface area contributed by atoms with E-state index in [1.165, 1.54) is 5.56 Å². The number of nitrogens with zero attached hydrogens (tertiary/aromatic N) is 3. The average molecular weight is 256 g/mol. The van der Waals surface area contributed by atoms with E-state index in [2.05, 4.69) is 21.7 Å².